The number of nitrogens with zero attached hydrogens (tertiary/aromatic N) is 4. The van der Waals surface area contributed by atoms with Crippen LogP contribution in [0, 0.1) is 11.7 Å². The van der Waals surface area contributed by atoms with Gasteiger partial charge in [0, 0.05) is 63.3 Å². The third kappa shape index (κ3) is 4.32. The van der Waals surface area contributed by atoms with Crippen molar-refractivity contribution in [3.8, 4) is 0 Å². The van der Waals surface area contributed by atoms with Gasteiger partial charge >= 0.3 is 0 Å². The van der Waals surface area contributed by atoms with Crippen LogP contribution in [0.4, 0.5) is 10.1 Å². The number of hydrogen-bond acceptors (Lipinski definition) is 5. The predicted octanol–water partition coefficient (Wildman–Crippen LogP) is 1.97. The summed E-state index contributed by atoms with van der Waals surface area (Å²) in [6.07, 6.45) is 3.94. The zero-order chi connectivity index (χ0) is 21.1. The first-order valence-electron chi connectivity index (χ1n) is 10.1. The van der Waals surface area contributed by atoms with E-state index in [0.29, 0.717) is 52.1 Å². The van der Waals surface area contributed by atoms with Crippen LogP contribution in [-0.2, 0) is 14.8 Å². The molecule has 2 aliphatic rings. The number of piperazine rings is 1. The van der Waals surface area contributed by atoms with Gasteiger partial charge in [-0.15, -0.1) is 0 Å². The van der Waals surface area contributed by atoms with Gasteiger partial charge in [-0.25, -0.2) is 12.8 Å². The molecule has 0 unspecified atom stereocenters. The van der Waals surface area contributed by atoms with Crippen LogP contribution in [0.1, 0.15) is 12.8 Å². The Morgan fingerprint density at radius 3 is 2.23 bits per heavy atom. The van der Waals surface area contributed by atoms with Gasteiger partial charge in [-0.2, -0.15) is 4.31 Å². The first-order valence-corrected chi connectivity index (χ1v) is 11.6. The molecule has 2 fully saturated rings. The lowest BCUT2D eigenvalue weighted by atomic mass is 9.96. The third-order valence-corrected chi connectivity index (χ3v) is 7.74. The maximum Gasteiger partial charge on any atom is 0.244 e. The summed E-state index contributed by atoms with van der Waals surface area (Å²) in [6, 6.07) is 9.55. The summed E-state index contributed by atoms with van der Waals surface area (Å²) in [5.74, 6) is -0.306. The molecule has 0 N–H and O–H groups in total. The van der Waals surface area contributed by atoms with Gasteiger partial charge in [0.1, 0.15) is 10.7 Å². The Hall–Kier alpha value is -2.52. The highest BCUT2D eigenvalue weighted by Gasteiger charge is 2.34. The number of piperidine rings is 1. The largest absolute Gasteiger partial charge is 0.368 e. The van der Waals surface area contributed by atoms with Gasteiger partial charge in [0.05, 0.1) is 0 Å². The van der Waals surface area contributed by atoms with Gasteiger partial charge in [0.2, 0.25) is 15.9 Å². The Kier molecular flexibility index (Phi) is 6.01. The zero-order valence-corrected chi connectivity index (χ0v) is 17.5. The average molecular weight is 433 g/mol. The van der Waals surface area contributed by atoms with Crippen molar-refractivity contribution >= 4 is 21.6 Å². The van der Waals surface area contributed by atoms with Crippen LogP contribution < -0.4 is 4.90 Å². The lowest BCUT2D eigenvalue weighted by Crippen LogP contribution is -2.52. The lowest BCUT2D eigenvalue weighted by Gasteiger charge is -2.39. The highest BCUT2D eigenvalue weighted by molar-refractivity contribution is 7.89. The average Bonchev–Trinajstić information content (AvgIpc) is 2.80. The summed E-state index contributed by atoms with van der Waals surface area (Å²) in [6.45, 7) is 3.30. The van der Waals surface area contributed by atoms with Gasteiger partial charge in [-0.05, 0) is 49.2 Å². The van der Waals surface area contributed by atoms with Crippen molar-refractivity contribution in [2.24, 2.45) is 5.92 Å². The standard InChI is InChI=1S/C21H25FN4O3S/c22-18-3-5-19(6-4-18)24-12-14-25(15-13-24)21(27)17-7-10-26(11-8-17)30(28,29)20-2-1-9-23-16-20/h1-6,9,16-17H,7-8,10-15H2. The third-order valence-electron chi connectivity index (χ3n) is 5.86. The summed E-state index contributed by atoms with van der Waals surface area (Å²) in [4.78, 5) is 21.0. The van der Waals surface area contributed by atoms with Gasteiger partial charge < -0.3 is 9.80 Å². The molecular formula is C21H25FN4O3S. The number of rotatable bonds is 4. The van der Waals surface area contributed by atoms with E-state index in [1.807, 2.05) is 4.90 Å². The maximum absolute atomic E-state index is 13.1. The molecule has 2 aromatic rings. The minimum absolute atomic E-state index is 0.104. The molecule has 2 saturated heterocycles. The molecule has 0 saturated carbocycles. The van der Waals surface area contributed by atoms with Crippen molar-refractivity contribution < 1.29 is 17.6 Å². The second-order valence-corrected chi connectivity index (χ2v) is 9.59. The van der Waals surface area contributed by atoms with Crippen molar-refractivity contribution in [2.75, 3.05) is 44.2 Å². The Balaban J connectivity index is 1.30. The van der Waals surface area contributed by atoms with Crippen molar-refractivity contribution in [3.63, 3.8) is 0 Å². The van der Waals surface area contributed by atoms with Gasteiger partial charge in [-0.3, -0.25) is 9.78 Å². The number of aromatic nitrogens is 1. The Morgan fingerprint density at radius 1 is 0.967 bits per heavy atom. The SMILES string of the molecule is O=C(C1CCN(S(=O)(=O)c2cccnc2)CC1)N1CCN(c2ccc(F)cc2)CC1. The molecule has 1 aromatic carbocycles. The van der Waals surface area contributed by atoms with E-state index in [9.17, 15) is 17.6 Å². The monoisotopic (exact) mass is 432 g/mol. The second-order valence-electron chi connectivity index (χ2n) is 7.66. The molecule has 160 valence electrons. The fourth-order valence-electron chi connectivity index (χ4n) is 4.09. The van der Waals surface area contributed by atoms with E-state index in [1.165, 1.54) is 22.6 Å². The van der Waals surface area contributed by atoms with Crippen molar-refractivity contribution in [3.05, 3.63) is 54.6 Å². The molecule has 9 heteroatoms. The minimum Gasteiger partial charge on any atom is -0.368 e. The van der Waals surface area contributed by atoms with Crippen LogP contribution in [0.5, 0.6) is 0 Å². The number of hydrogen-bond donors (Lipinski definition) is 0. The molecule has 7 nitrogen and oxygen atoms in total. The highest BCUT2D eigenvalue weighted by Crippen LogP contribution is 2.26. The number of benzene rings is 1. The Morgan fingerprint density at radius 2 is 1.63 bits per heavy atom. The molecule has 1 aromatic heterocycles. The van der Waals surface area contributed by atoms with Crippen LogP contribution in [0.25, 0.3) is 0 Å². The van der Waals surface area contributed by atoms with Crippen LogP contribution in [0.3, 0.4) is 0 Å². The number of pyridine rings is 1. The highest BCUT2D eigenvalue weighted by atomic mass is 32.2. The molecule has 0 bridgehead atoms. The number of carbonyl (C=O) groups excluding carboxylic acids is 1. The molecule has 0 aliphatic carbocycles. The number of carbonyl (C=O) groups is 1. The molecule has 30 heavy (non-hydrogen) atoms. The van der Waals surface area contributed by atoms with Gasteiger partial charge in [0.15, 0.2) is 0 Å². The summed E-state index contributed by atoms with van der Waals surface area (Å²) < 4.78 is 40.0. The van der Waals surface area contributed by atoms with Gasteiger partial charge in [-0.1, -0.05) is 0 Å². The van der Waals surface area contributed by atoms with Crippen molar-refractivity contribution in [1.82, 2.24) is 14.2 Å². The fraction of sp³-hybridized carbons (Fsp3) is 0.429. The first-order chi connectivity index (χ1) is 14.4. The maximum atomic E-state index is 13.1. The van der Waals surface area contributed by atoms with Crippen LogP contribution >= 0.6 is 0 Å². The zero-order valence-electron chi connectivity index (χ0n) is 16.7. The summed E-state index contributed by atoms with van der Waals surface area (Å²) in [7, 11) is -3.56. The van der Waals surface area contributed by atoms with E-state index in [0.717, 1.165) is 5.69 Å². The smallest absolute Gasteiger partial charge is 0.244 e. The number of amides is 1. The molecule has 0 radical (unpaired) electrons. The number of halogens is 1. The van der Waals surface area contributed by atoms with Gasteiger partial charge in [0.25, 0.3) is 0 Å². The summed E-state index contributed by atoms with van der Waals surface area (Å²) in [5.41, 5.74) is 0.956. The van der Waals surface area contributed by atoms with E-state index in [2.05, 4.69) is 9.88 Å². The predicted molar refractivity (Wildman–Crippen MR) is 111 cm³/mol. The lowest BCUT2D eigenvalue weighted by molar-refractivity contribution is -0.137. The van der Waals surface area contributed by atoms with E-state index in [1.54, 1.807) is 30.5 Å². The molecular weight excluding hydrogens is 407 g/mol. The Bertz CT molecular complexity index is 969. The van der Waals surface area contributed by atoms with Crippen LogP contribution in [0.15, 0.2) is 53.7 Å². The molecule has 1 amide bonds. The number of anilines is 1. The quantitative estimate of drug-likeness (QED) is 0.739. The first kappa shape index (κ1) is 20.7. The molecule has 4 rings (SSSR count). The van der Waals surface area contributed by atoms with E-state index in [-0.39, 0.29) is 22.5 Å². The van der Waals surface area contributed by atoms with E-state index in [4.69, 9.17) is 0 Å². The summed E-state index contributed by atoms with van der Waals surface area (Å²) >= 11 is 0. The molecule has 0 spiro atoms. The van der Waals surface area contributed by atoms with E-state index >= 15 is 0 Å². The van der Waals surface area contributed by atoms with Crippen molar-refractivity contribution in [2.45, 2.75) is 17.7 Å². The second kappa shape index (κ2) is 8.69. The minimum atomic E-state index is -3.56. The normalized spacial score (nSPS) is 19.1. The topological polar surface area (TPSA) is 73.8 Å². The number of sulfonamides is 1. The fourth-order valence-corrected chi connectivity index (χ4v) is 5.52. The summed E-state index contributed by atoms with van der Waals surface area (Å²) in [5, 5.41) is 0. The van der Waals surface area contributed by atoms with Crippen molar-refractivity contribution in [1.29, 1.82) is 0 Å². The van der Waals surface area contributed by atoms with E-state index < -0.39 is 10.0 Å². The van der Waals surface area contributed by atoms with Crippen LogP contribution in [-0.4, -0.2) is 67.8 Å². The molecule has 2 aliphatic heterocycles. The van der Waals surface area contributed by atoms with Crippen LogP contribution in [0.2, 0.25) is 0 Å². The molecule has 0 atom stereocenters. The Labute approximate surface area is 176 Å². The molecule has 3 heterocycles.